The van der Waals surface area contributed by atoms with E-state index in [9.17, 15) is 4.79 Å². The Balaban J connectivity index is 1.78. The average Bonchev–Trinajstić information content (AvgIpc) is 2.78. The molecule has 1 unspecified atom stereocenters. The van der Waals surface area contributed by atoms with E-state index < -0.39 is 0 Å². The van der Waals surface area contributed by atoms with Crippen LogP contribution >= 0.6 is 0 Å². The molecule has 168 valence electrons. The Labute approximate surface area is 181 Å². The number of aromatic nitrogens is 1. The van der Waals surface area contributed by atoms with Crippen LogP contribution in [0, 0.1) is 5.92 Å². The molecule has 1 aliphatic rings. The van der Waals surface area contributed by atoms with Crippen molar-refractivity contribution in [2.45, 2.75) is 71.3 Å². The smallest absolute Gasteiger partial charge is 0.222 e. The maximum Gasteiger partial charge on any atom is 0.222 e. The van der Waals surface area contributed by atoms with Crippen molar-refractivity contribution in [3.8, 4) is 0 Å². The number of nitrogens with zero attached hydrogens (tertiary/aromatic N) is 3. The monoisotopic (exact) mass is 416 g/mol. The van der Waals surface area contributed by atoms with Gasteiger partial charge in [0.1, 0.15) is 5.82 Å². The molecule has 7 heteroatoms. The number of nitrogens with two attached hydrogens (primary N) is 1. The summed E-state index contributed by atoms with van der Waals surface area (Å²) in [6.07, 6.45) is 12.7. The van der Waals surface area contributed by atoms with Crippen molar-refractivity contribution in [1.82, 2.24) is 15.6 Å². The van der Waals surface area contributed by atoms with E-state index in [4.69, 9.17) is 5.73 Å². The SMILES string of the molecule is CCCCCCCCCNC(=NC)NCc1cccnc1N1CCCC(C(N)=O)C1. The minimum Gasteiger partial charge on any atom is -0.369 e. The largest absolute Gasteiger partial charge is 0.369 e. The summed E-state index contributed by atoms with van der Waals surface area (Å²) < 4.78 is 0. The molecule has 1 aromatic rings. The van der Waals surface area contributed by atoms with Gasteiger partial charge in [-0.05, 0) is 25.3 Å². The first-order valence-electron chi connectivity index (χ1n) is 11.6. The highest BCUT2D eigenvalue weighted by atomic mass is 16.1. The second-order valence-electron chi connectivity index (χ2n) is 8.15. The molecule has 1 aromatic heterocycles. The number of rotatable bonds is 12. The van der Waals surface area contributed by atoms with Crippen molar-refractivity contribution in [3.05, 3.63) is 23.9 Å². The molecule has 1 atom stereocenters. The van der Waals surface area contributed by atoms with Gasteiger partial charge in [0.15, 0.2) is 5.96 Å². The zero-order valence-corrected chi connectivity index (χ0v) is 18.8. The summed E-state index contributed by atoms with van der Waals surface area (Å²) in [7, 11) is 1.80. The number of hydrogen-bond acceptors (Lipinski definition) is 4. The van der Waals surface area contributed by atoms with Gasteiger partial charge < -0.3 is 21.3 Å². The number of carbonyl (C=O) groups excluding carboxylic acids is 1. The van der Waals surface area contributed by atoms with Gasteiger partial charge in [0.25, 0.3) is 0 Å². The summed E-state index contributed by atoms with van der Waals surface area (Å²) in [5.41, 5.74) is 6.64. The summed E-state index contributed by atoms with van der Waals surface area (Å²) in [6.45, 7) is 5.36. The Morgan fingerprint density at radius 2 is 2.00 bits per heavy atom. The maximum atomic E-state index is 11.6. The van der Waals surface area contributed by atoms with Crippen molar-refractivity contribution in [2.75, 3.05) is 31.6 Å². The number of pyridine rings is 1. The van der Waals surface area contributed by atoms with Crippen LogP contribution in [0.4, 0.5) is 5.82 Å². The molecule has 0 aliphatic carbocycles. The highest BCUT2D eigenvalue weighted by Gasteiger charge is 2.25. The van der Waals surface area contributed by atoms with E-state index in [-0.39, 0.29) is 11.8 Å². The number of primary amides is 1. The lowest BCUT2D eigenvalue weighted by molar-refractivity contribution is -0.122. The molecular weight excluding hydrogens is 376 g/mol. The van der Waals surface area contributed by atoms with Crippen molar-refractivity contribution in [1.29, 1.82) is 0 Å². The summed E-state index contributed by atoms with van der Waals surface area (Å²) in [5, 5.41) is 6.81. The molecule has 30 heavy (non-hydrogen) atoms. The van der Waals surface area contributed by atoms with Gasteiger partial charge in [-0.2, -0.15) is 0 Å². The Morgan fingerprint density at radius 3 is 2.73 bits per heavy atom. The fourth-order valence-corrected chi connectivity index (χ4v) is 3.94. The molecule has 4 N–H and O–H groups in total. The number of hydrogen-bond donors (Lipinski definition) is 3. The average molecular weight is 417 g/mol. The zero-order valence-electron chi connectivity index (χ0n) is 18.8. The maximum absolute atomic E-state index is 11.6. The van der Waals surface area contributed by atoms with E-state index in [1.807, 2.05) is 6.07 Å². The van der Waals surface area contributed by atoms with Gasteiger partial charge in [0, 0.05) is 45.0 Å². The van der Waals surface area contributed by atoms with Gasteiger partial charge in [-0.1, -0.05) is 51.5 Å². The predicted molar refractivity (Wildman–Crippen MR) is 125 cm³/mol. The fourth-order valence-electron chi connectivity index (χ4n) is 3.94. The number of guanidine groups is 1. The molecule has 0 bridgehead atoms. The van der Waals surface area contributed by atoms with E-state index >= 15 is 0 Å². The van der Waals surface area contributed by atoms with Crippen LogP contribution in [0.25, 0.3) is 0 Å². The van der Waals surface area contributed by atoms with Crippen molar-refractivity contribution in [2.24, 2.45) is 16.6 Å². The van der Waals surface area contributed by atoms with E-state index in [0.717, 1.165) is 49.7 Å². The fraction of sp³-hybridized carbons (Fsp3) is 0.696. The highest BCUT2D eigenvalue weighted by molar-refractivity contribution is 5.80. The van der Waals surface area contributed by atoms with Crippen molar-refractivity contribution in [3.63, 3.8) is 0 Å². The standard InChI is InChI=1S/C23H40N6O/c1-3-4-5-6-7-8-9-14-27-23(25-2)28-17-19-12-10-15-26-22(19)29-16-11-13-20(18-29)21(24)30/h10,12,15,20H,3-9,11,13-14,16-18H2,1-2H3,(H2,24,30)(H2,25,27,28). The van der Waals surface area contributed by atoms with E-state index in [2.05, 4.69) is 38.5 Å². The number of aliphatic imine (C=N–C) groups is 1. The molecule has 2 heterocycles. The number of nitrogens with one attached hydrogen (secondary N) is 2. The summed E-state index contributed by atoms with van der Waals surface area (Å²) in [5.74, 6) is 1.42. The highest BCUT2D eigenvalue weighted by Crippen LogP contribution is 2.24. The van der Waals surface area contributed by atoms with Crippen LogP contribution in [0.1, 0.15) is 70.3 Å². The molecule has 0 saturated carbocycles. The Morgan fingerprint density at radius 1 is 1.23 bits per heavy atom. The number of anilines is 1. The summed E-state index contributed by atoms with van der Waals surface area (Å²) in [4.78, 5) is 22.7. The first kappa shape index (κ1) is 24.0. The quantitative estimate of drug-likeness (QED) is 0.276. The third kappa shape index (κ3) is 8.20. The lowest BCUT2D eigenvalue weighted by Gasteiger charge is -2.33. The number of piperidine rings is 1. The Kier molecular flexibility index (Phi) is 11.0. The Bertz CT molecular complexity index is 663. The first-order valence-corrected chi connectivity index (χ1v) is 11.6. The van der Waals surface area contributed by atoms with Crippen molar-refractivity contribution >= 4 is 17.7 Å². The molecular formula is C23H40N6O. The second kappa shape index (κ2) is 13.8. The molecule has 1 saturated heterocycles. The molecule has 1 aliphatic heterocycles. The van der Waals surface area contributed by atoms with Gasteiger partial charge in [0.2, 0.25) is 5.91 Å². The number of unbranched alkanes of at least 4 members (excludes halogenated alkanes) is 6. The van der Waals surface area contributed by atoms with Gasteiger partial charge in [0.05, 0.1) is 5.92 Å². The van der Waals surface area contributed by atoms with Gasteiger partial charge in [-0.15, -0.1) is 0 Å². The zero-order chi connectivity index (χ0) is 21.6. The number of carbonyl (C=O) groups is 1. The summed E-state index contributed by atoms with van der Waals surface area (Å²) in [6, 6.07) is 4.03. The van der Waals surface area contributed by atoms with E-state index in [1.54, 1.807) is 13.2 Å². The second-order valence-corrected chi connectivity index (χ2v) is 8.15. The lowest BCUT2D eigenvalue weighted by atomic mass is 9.97. The van der Waals surface area contributed by atoms with Gasteiger partial charge in [-0.25, -0.2) is 4.98 Å². The van der Waals surface area contributed by atoms with Crippen LogP contribution in [-0.2, 0) is 11.3 Å². The third-order valence-electron chi connectivity index (χ3n) is 5.73. The molecule has 1 fully saturated rings. The van der Waals surface area contributed by atoms with Crippen LogP contribution in [0.5, 0.6) is 0 Å². The summed E-state index contributed by atoms with van der Waals surface area (Å²) >= 11 is 0. The third-order valence-corrected chi connectivity index (χ3v) is 5.73. The predicted octanol–water partition coefficient (Wildman–Crippen LogP) is 3.20. The van der Waals surface area contributed by atoms with Gasteiger partial charge >= 0.3 is 0 Å². The topological polar surface area (TPSA) is 95.6 Å². The van der Waals surface area contributed by atoms with Gasteiger partial charge in [-0.3, -0.25) is 9.79 Å². The molecule has 0 radical (unpaired) electrons. The lowest BCUT2D eigenvalue weighted by Crippen LogP contribution is -2.42. The minimum absolute atomic E-state index is 0.0991. The first-order chi connectivity index (χ1) is 14.7. The van der Waals surface area contributed by atoms with E-state index in [1.165, 1.54) is 38.5 Å². The van der Waals surface area contributed by atoms with E-state index in [0.29, 0.717) is 13.1 Å². The van der Waals surface area contributed by atoms with Crippen LogP contribution in [0.3, 0.4) is 0 Å². The van der Waals surface area contributed by atoms with Crippen LogP contribution in [-0.4, -0.2) is 43.5 Å². The molecule has 1 amide bonds. The van der Waals surface area contributed by atoms with Crippen LogP contribution in [0.2, 0.25) is 0 Å². The van der Waals surface area contributed by atoms with Crippen molar-refractivity contribution < 1.29 is 4.79 Å². The molecule has 2 rings (SSSR count). The number of amides is 1. The Hall–Kier alpha value is -2.31. The minimum atomic E-state index is -0.217. The molecule has 0 aromatic carbocycles. The normalized spacial score (nSPS) is 17.1. The molecule has 0 spiro atoms. The van der Waals surface area contributed by atoms with Crippen LogP contribution < -0.4 is 21.3 Å². The molecule has 7 nitrogen and oxygen atoms in total. The van der Waals surface area contributed by atoms with Crippen LogP contribution in [0.15, 0.2) is 23.3 Å².